The Morgan fingerprint density at radius 1 is 1.00 bits per heavy atom. The van der Waals surface area contributed by atoms with Gasteiger partial charge >= 0.3 is 0 Å². The van der Waals surface area contributed by atoms with Gasteiger partial charge in [-0.3, -0.25) is 5.32 Å². The highest BCUT2D eigenvalue weighted by atomic mass is 16.5. The molecular formula is C17H15N7O2. The lowest BCUT2D eigenvalue weighted by molar-refractivity contribution is 0.373. The van der Waals surface area contributed by atoms with Gasteiger partial charge in [-0.15, -0.1) is 0 Å². The van der Waals surface area contributed by atoms with E-state index in [1.807, 2.05) is 24.3 Å². The van der Waals surface area contributed by atoms with Crippen molar-refractivity contribution < 1.29 is 9.84 Å². The molecule has 0 unspecified atom stereocenters. The Labute approximate surface area is 148 Å². The van der Waals surface area contributed by atoms with Crippen molar-refractivity contribution in [1.29, 1.82) is 0 Å². The fraction of sp³-hybridized carbons (Fsp3) is 0.0588. The second kappa shape index (κ2) is 6.55. The summed E-state index contributed by atoms with van der Waals surface area (Å²) in [7, 11) is 1.49. The maximum Gasteiger partial charge on any atom is 0.234 e. The highest BCUT2D eigenvalue weighted by molar-refractivity contribution is 5.77. The maximum atomic E-state index is 9.85. The van der Waals surface area contributed by atoms with E-state index >= 15 is 0 Å². The number of phenolic OH excluding ortho intramolecular Hbond substituents is 1. The number of benzene rings is 2. The van der Waals surface area contributed by atoms with E-state index in [1.165, 1.54) is 19.5 Å². The first kappa shape index (κ1) is 15.6. The van der Waals surface area contributed by atoms with Crippen LogP contribution in [-0.2, 0) is 0 Å². The summed E-state index contributed by atoms with van der Waals surface area (Å²) in [6, 6.07) is 12.6. The van der Waals surface area contributed by atoms with E-state index in [4.69, 9.17) is 4.74 Å². The zero-order valence-electron chi connectivity index (χ0n) is 13.8. The molecule has 0 spiro atoms. The van der Waals surface area contributed by atoms with Crippen LogP contribution in [0.4, 0.5) is 23.5 Å². The number of H-pyrrole nitrogens is 1. The Hall–Kier alpha value is -3.88. The molecule has 0 bridgehead atoms. The van der Waals surface area contributed by atoms with Crippen LogP contribution in [0.3, 0.4) is 0 Å². The topological polar surface area (TPSA) is 121 Å². The number of imidazole rings is 1. The van der Waals surface area contributed by atoms with E-state index in [1.54, 1.807) is 12.1 Å². The highest BCUT2D eigenvalue weighted by Crippen LogP contribution is 2.29. The van der Waals surface area contributed by atoms with Gasteiger partial charge < -0.3 is 20.1 Å². The molecule has 0 saturated carbocycles. The van der Waals surface area contributed by atoms with Crippen molar-refractivity contribution in [3.8, 4) is 11.5 Å². The summed E-state index contributed by atoms with van der Waals surface area (Å²) < 4.78 is 5.02. The molecular weight excluding hydrogens is 334 g/mol. The second-order valence-corrected chi connectivity index (χ2v) is 5.37. The molecule has 2 aromatic carbocycles. The third-order valence-corrected chi connectivity index (χ3v) is 3.63. The zero-order valence-corrected chi connectivity index (χ0v) is 13.8. The number of hydrogen-bond acceptors (Lipinski definition) is 8. The second-order valence-electron chi connectivity index (χ2n) is 5.37. The van der Waals surface area contributed by atoms with Crippen LogP contribution in [0.25, 0.3) is 11.0 Å². The largest absolute Gasteiger partial charge is 0.504 e. The molecule has 4 N–H and O–H groups in total. The third-order valence-electron chi connectivity index (χ3n) is 3.63. The Balaban J connectivity index is 1.53. The lowest BCUT2D eigenvalue weighted by Gasteiger charge is -2.08. The van der Waals surface area contributed by atoms with Crippen LogP contribution >= 0.6 is 0 Å². The van der Waals surface area contributed by atoms with Gasteiger partial charge in [-0.05, 0) is 24.3 Å². The standard InChI is InChI=1S/C17H15N7O2/c1-26-14-7-6-10(8-13(14)25)20-15-18-9-19-16(23-15)24-17-21-11-4-2-3-5-12(11)22-17/h2-9,25H,1H3,(H3,18,19,20,21,22,23,24). The molecule has 0 fully saturated rings. The van der Waals surface area contributed by atoms with E-state index in [0.717, 1.165) is 11.0 Å². The maximum absolute atomic E-state index is 9.85. The van der Waals surface area contributed by atoms with Crippen LogP contribution in [0.15, 0.2) is 48.8 Å². The minimum absolute atomic E-state index is 0.0205. The summed E-state index contributed by atoms with van der Waals surface area (Å²) in [6.45, 7) is 0. The van der Waals surface area contributed by atoms with Crippen molar-refractivity contribution in [2.75, 3.05) is 17.7 Å². The van der Waals surface area contributed by atoms with Gasteiger partial charge in [0, 0.05) is 11.8 Å². The van der Waals surface area contributed by atoms with Crippen molar-refractivity contribution in [3.63, 3.8) is 0 Å². The minimum atomic E-state index is 0.0205. The summed E-state index contributed by atoms with van der Waals surface area (Å²) in [6.07, 6.45) is 1.38. The molecule has 4 aromatic rings. The summed E-state index contributed by atoms with van der Waals surface area (Å²) in [5.74, 6) is 1.60. The van der Waals surface area contributed by atoms with E-state index in [2.05, 4.69) is 35.6 Å². The molecule has 0 radical (unpaired) electrons. The number of phenols is 1. The van der Waals surface area contributed by atoms with Gasteiger partial charge in [0.05, 0.1) is 18.1 Å². The summed E-state index contributed by atoms with van der Waals surface area (Å²) in [4.78, 5) is 20.0. The summed E-state index contributed by atoms with van der Waals surface area (Å²) >= 11 is 0. The number of aromatic amines is 1. The van der Waals surface area contributed by atoms with Crippen LogP contribution in [0.1, 0.15) is 0 Å². The molecule has 0 atom stereocenters. The fourth-order valence-electron chi connectivity index (χ4n) is 2.43. The number of para-hydroxylation sites is 2. The summed E-state index contributed by atoms with van der Waals surface area (Å²) in [5, 5.41) is 15.9. The molecule has 0 saturated heterocycles. The number of ether oxygens (including phenoxy) is 1. The smallest absolute Gasteiger partial charge is 0.234 e. The number of rotatable bonds is 5. The van der Waals surface area contributed by atoms with Gasteiger partial charge in [-0.25, -0.2) is 15.0 Å². The van der Waals surface area contributed by atoms with Crippen molar-refractivity contribution in [2.45, 2.75) is 0 Å². The van der Waals surface area contributed by atoms with Gasteiger partial charge in [0.25, 0.3) is 0 Å². The van der Waals surface area contributed by atoms with E-state index in [0.29, 0.717) is 29.3 Å². The minimum Gasteiger partial charge on any atom is -0.504 e. The Bertz CT molecular complexity index is 1030. The van der Waals surface area contributed by atoms with E-state index in [-0.39, 0.29) is 5.75 Å². The molecule has 2 heterocycles. The molecule has 0 aliphatic carbocycles. The monoisotopic (exact) mass is 349 g/mol. The SMILES string of the molecule is COc1ccc(Nc2ncnc(Nc3nc4ccccc4[nH]3)n2)cc1O. The Kier molecular flexibility index (Phi) is 3.94. The molecule has 0 aliphatic rings. The van der Waals surface area contributed by atoms with Gasteiger partial charge in [-0.1, -0.05) is 12.1 Å². The van der Waals surface area contributed by atoms with Crippen molar-refractivity contribution in [3.05, 3.63) is 48.8 Å². The first-order valence-electron chi connectivity index (χ1n) is 7.76. The first-order chi connectivity index (χ1) is 12.7. The van der Waals surface area contributed by atoms with Crippen LogP contribution in [-0.4, -0.2) is 37.1 Å². The Morgan fingerprint density at radius 2 is 1.81 bits per heavy atom. The predicted molar refractivity (Wildman–Crippen MR) is 97.1 cm³/mol. The molecule has 9 nitrogen and oxygen atoms in total. The van der Waals surface area contributed by atoms with Crippen LogP contribution in [0.2, 0.25) is 0 Å². The summed E-state index contributed by atoms with van der Waals surface area (Å²) in [5.41, 5.74) is 2.37. The van der Waals surface area contributed by atoms with Crippen LogP contribution in [0, 0.1) is 0 Å². The van der Waals surface area contributed by atoms with Crippen molar-refractivity contribution >= 4 is 34.6 Å². The van der Waals surface area contributed by atoms with Gasteiger partial charge in [0.15, 0.2) is 11.5 Å². The number of aromatic hydroxyl groups is 1. The number of nitrogens with zero attached hydrogens (tertiary/aromatic N) is 4. The Morgan fingerprint density at radius 3 is 2.58 bits per heavy atom. The molecule has 2 aromatic heterocycles. The van der Waals surface area contributed by atoms with E-state index in [9.17, 15) is 5.11 Å². The van der Waals surface area contributed by atoms with Gasteiger partial charge in [0.1, 0.15) is 6.33 Å². The molecule has 26 heavy (non-hydrogen) atoms. The van der Waals surface area contributed by atoms with Gasteiger partial charge in [0.2, 0.25) is 17.8 Å². The predicted octanol–water partition coefficient (Wildman–Crippen LogP) is 2.95. The molecule has 0 amide bonds. The zero-order chi connectivity index (χ0) is 17.9. The van der Waals surface area contributed by atoms with Crippen LogP contribution in [0.5, 0.6) is 11.5 Å². The van der Waals surface area contributed by atoms with Crippen molar-refractivity contribution in [2.24, 2.45) is 0 Å². The lowest BCUT2D eigenvalue weighted by atomic mass is 10.3. The molecule has 130 valence electrons. The first-order valence-corrected chi connectivity index (χ1v) is 7.76. The molecule has 9 heteroatoms. The number of anilines is 4. The lowest BCUT2D eigenvalue weighted by Crippen LogP contribution is -2.03. The quantitative estimate of drug-likeness (QED) is 0.434. The number of hydrogen-bond donors (Lipinski definition) is 4. The number of nitrogens with one attached hydrogen (secondary N) is 3. The van der Waals surface area contributed by atoms with Crippen molar-refractivity contribution in [1.82, 2.24) is 24.9 Å². The molecule has 4 rings (SSSR count). The van der Waals surface area contributed by atoms with E-state index < -0.39 is 0 Å². The average Bonchev–Trinajstić information content (AvgIpc) is 3.04. The van der Waals surface area contributed by atoms with Gasteiger partial charge in [-0.2, -0.15) is 4.98 Å². The number of methoxy groups -OCH3 is 1. The fourth-order valence-corrected chi connectivity index (χ4v) is 2.43. The highest BCUT2D eigenvalue weighted by Gasteiger charge is 2.07. The average molecular weight is 349 g/mol. The molecule has 0 aliphatic heterocycles. The van der Waals surface area contributed by atoms with Crippen LogP contribution < -0.4 is 15.4 Å². The number of aromatic nitrogens is 5. The normalized spacial score (nSPS) is 10.7. The number of fused-ring (bicyclic) bond motifs is 1. The third kappa shape index (κ3) is 3.18.